The summed E-state index contributed by atoms with van der Waals surface area (Å²) in [5.41, 5.74) is 1.14. The van der Waals surface area contributed by atoms with Crippen molar-refractivity contribution in [2.24, 2.45) is 0 Å². The fourth-order valence-electron chi connectivity index (χ4n) is 3.27. The average Bonchev–Trinajstić information content (AvgIpc) is 3.04. The molecule has 122 valence electrons. The smallest absolute Gasteiger partial charge is 0.387 e. The molecule has 1 N–H and O–H groups in total. The summed E-state index contributed by atoms with van der Waals surface area (Å²) >= 11 is 0. The van der Waals surface area contributed by atoms with Gasteiger partial charge in [0.2, 0.25) is 0 Å². The lowest BCUT2D eigenvalue weighted by molar-refractivity contribution is -0.0498. The number of nitrogens with zero attached hydrogens (tertiary/aromatic N) is 2. The predicted octanol–water partition coefficient (Wildman–Crippen LogP) is 1.77. The summed E-state index contributed by atoms with van der Waals surface area (Å²) in [6, 6.07) is 7.66. The second-order valence-corrected chi connectivity index (χ2v) is 5.98. The standard InChI is InChI=1S/C16H23F2N3O/c17-16(18)22-15-3-1-13(2-4-15)12-20-7-9-21(10-8-20)14-5-6-19-11-14/h1-4,14,16,19H,5-12H2. The molecule has 0 radical (unpaired) electrons. The van der Waals surface area contributed by atoms with Gasteiger partial charge in [-0.3, -0.25) is 9.80 Å². The molecule has 2 saturated heterocycles. The third-order valence-corrected chi connectivity index (χ3v) is 4.51. The van der Waals surface area contributed by atoms with E-state index in [0.29, 0.717) is 6.04 Å². The minimum Gasteiger partial charge on any atom is -0.435 e. The zero-order chi connectivity index (χ0) is 15.4. The highest BCUT2D eigenvalue weighted by Crippen LogP contribution is 2.17. The number of hydrogen-bond donors (Lipinski definition) is 1. The minimum absolute atomic E-state index is 0.220. The van der Waals surface area contributed by atoms with Crippen molar-refractivity contribution < 1.29 is 13.5 Å². The Kier molecular flexibility index (Phi) is 5.23. The number of alkyl halides is 2. The molecule has 22 heavy (non-hydrogen) atoms. The van der Waals surface area contributed by atoms with Crippen LogP contribution >= 0.6 is 0 Å². The molecule has 0 saturated carbocycles. The van der Waals surface area contributed by atoms with Crippen molar-refractivity contribution in [3.05, 3.63) is 29.8 Å². The number of piperazine rings is 1. The number of nitrogens with one attached hydrogen (secondary N) is 1. The summed E-state index contributed by atoms with van der Waals surface area (Å²) in [6.07, 6.45) is 1.26. The molecule has 0 spiro atoms. The van der Waals surface area contributed by atoms with Crippen LogP contribution in [0.25, 0.3) is 0 Å². The van der Waals surface area contributed by atoms with Crippen molar-refractivity contribution in [1.82, 2.24) is 15.1 Å². The van der Waals surface area contributed by atoms with Crippen molar-refractivity contribution in [1.29, 1.82) is 0 Å². The first-order valence-corrected chi connectivity index (χ1v) is 7.91. The molecule has 0 aromatic heterocycles. The molecule has 1 aromatic carbocycles. The normalized spacial score (nSPS) is 24.0. The van der Waals surface area contributed by atoms with Gasteiger partial charge in [0.1, 0.15) is 5.75 Å². The molecule has 4 nitrogen and oxygen atoms in total. The maximum atomic E-state index is 12.1. The quantitative estimate of drug-likeness (QED) is 0.897. The minimum atomic E-state index is -2.76. The van der Waals surface area contributed by atoms with E-state index in [0.717, 1.165) is 51.4 Å². The largest absolute Gasteiger partial charge is 0.435 e. The zero-order valence-electron chi connectivity index (χ0n) is 12.7. The Bertz CT molecular complexity index is 455. The Morgan fingerprint density at radius 3 is 2.45 bits per heavy atom. The average molecular weight is 311 g/mol. The third-order valence-electron chi connectivity index (χ3n) is 4.51. The van der Waals surface area contributed by atoms with Crippen molar-refractivity contribution in [2.45, 2.75) is 25.6 Å². The Hall–Kier alpha value is -1.24. The molecule has 2 heterocycles. The van der Waals surface area contributed by atoms with E-state index in [9.17, 15) is 8.78 Å². The zero-order valence-corrected chi connectivity index (χ0v) is 12.7. The summed E-state index contributed by atoms with van der Waals surface area (Å²) in [7, 11) is 0. The molecule has 0 amide bonds. The summed E-state index contributed by atoms with van der Waals surface area (Å²) in [4.78, 5) is 5.00. The molecule has 2 aliphatic rings. The van der Waals surface area contributed by atoms with Crippen molar-refractivity contribution in [3.8, 4) is 5.75 Å². The van der Waals surface area contributed by atoms with Gasteiger partial charge in [-0.15, -0.1) is 0 Å². The van der Waals surface area contributed by atoms with Crippen LogP contribution in [0.1, 0.15) is 12.0 Å². The second kappa shape index (κ2) is 7.35. The van der Waals surface area contributed by atoms with Gasteiger partial charge in [0.15, 0.2) is 0 Å². The van der Waals surface area contributed by atoms with Crippen LogP contribution in [0.3, 0.4) is 0 Å². The molecular formula is C16H23F2N3O. The van der Waals surface area contributed by atoms with Crippen LogP contribution in [0.2, 0.25) is 0 Å². The van der Waals surface area contributed by atoms with Gasteiger partial charge in [-0.2, -0.15) is 8.78 Å². The molecule has 2 fully saturated rings. The van der Waals surface area contributed by atoms with E-state index in [1.165, 1.54) is 6.42 Å². The molecular weight excluding hydrogens is 288 g/mol. The number of rotatable bonds is 5. The van der Waals surface area contributed by atoms with E-state index in [1.807, 2.05) is 12.1 Å². The fraction of sp³-hybridized carbons (Fsp3) is 0.625. The predicted molar refractivity (Wildman–Crippen MR) is 81.2 cm³/mol. The summed E-state index contributed by atoms with van der Waals surface area (Å²) in [5.74, 6) is 0.220. The summed E-state index contributed by atoms with van der Waals surface area (Å²) in [6.45, 7) is 4.70. The van der Waals surface area contributed by atoms with E-state index in [-0.39, 0.29) is 5.75 Å². The Morgan fingerprint density at radius 1 is 1.14 bits per heavy atom. The van der Waals surface area contributed by atoms with E-state index in [1.54, 1.807) is 12.1 Å². The number of halogens is 2. The van der Waals surface area contributed by atoms with Gasteiger partial charge in [0.25, 0.3) is 0 Å². The molecule has 3 rings (SSSR count). The van der Waals surface area contributed by atoms with Gasteiger partial charge in [0, 0.05) is 45.3 Å². The monoisotopic (exact) mass is 311 g/mol. The summed E-state index contributed by atoms with van der Waals surface area (Å²) < 4.78 is 28.6. The van der Waals surface area contributed by atoms with Crippen molar-refractivity contribution >= 4 is 0 Å². The molecule has 6 heteroatoms. The molecule has 0 bridgehead atoms. The maximum Gasteiger partial charge on any atom is 0.387 e. The van der Waals surface area contributed by atoms with Crippen LogP contribution in [0.5, 0.6) is 5.75 Å². The van der Waals surface area contributed by atoms with E-state index >= 15 is 0 Å². The number of ether oxygens (including phenoxy) is 1. The molecule has 1 atom stereocenters. The first-order valence-electron chi connectivity index (χ1n) is 7.91. The lowest BCUT2D eigenvalue weighted by Gasteiger charge is -2.37. The van der Waals surface area contributed by atoms with Gasteiger partial charge in [-0.1, -0.05) is 12.1 Å². The fourth-order valence-corrected chi connectivity index (χ4v) is 3.27. The Morgan fingerprint density at radius 2 is 1.86 bits per heavy atom. The molecule has 0 aliphatic carbocycles. The first-order chi connectivity index (χ1) is 10.7. The highest BCUT2D eigenvalue weighted by Gasteiger charge is 2.25. The Labute approximate surface area is 130 Å². The van der Waals surface area contributed by atoms with Crippen LogP contribution in [0, 0.1) is 0 Å². The van der Waals surface area contributed by atoms with Crippen LogP contribution in [-0.2, 0) is 6.54 Å². The number of hydrogen-bond acceptors (Lipinski definition) is 4. The van der Waals surface area contributed by atoms with Crippen LogP contribution in [-0.4, -0.2) is 61.7 Å². The SMILES string of the molecule is FC(F)Oc1ccc(CN2CCN(C3CCNC3)CC2)cc1. The van der Waals surface area contributed by atoms with Crippen LogP contribution in [0.15, 0.2) is 24.3 Å². The van der Waals surface area contributed by atoms with E-state index in [2.05, 4.69) is 19.9 Å². The van der Waals surface area contributed by atoms with Crippen molar-refractivity contribution in [2.75, 3.05) is 39.3 Å². The third kappa shape index (κ3) is 4.15. The molecule has 1 aromatic rings. The summed E-state index contributed by atoms with van der Waals surface area (Å²) in [5, 5.41) is 3.42. The van der Waals surface area contributed by atoms with Crippen LogP contribution in [0.4, 0.5) is 8.78 Å². The highest BCUT2D eigenvalue weighted by atomic mass is 19.3. The van der Waals surface area contributed by atoms with Gasteiger partial charge < -0.3 is 10.1 Å². The number of benzene rings is 1. The van der Waals surface area contributed by atoms with Gasteiger partial charge >= 0.3 is 6.61 Å². The highest BCUT2D eigenvalue weighted by molar-refractivity contribution is 5.27. The van der Waals surface area contributed by atoms with Gasteiger partial charge in [-0.25, -0.2) is 0 Å². The molecule has 2 aliphatic heterocycles. The van der Waals surface area contributed by atoms with Gasteiger partial charge in [0.05, 0.1) is 0 Å². The van der Waals surface area contributed by atoms with Crippen molar-refractivity contribution in [3.63, 3.8) is 0 Å². The van der Waals surface area contributed by atoms with E-state index in [4.69, 9.17) is 0 Å². The maximum absolute atomic E-state index is 12.1. The topological polar surface area (TPSA) is 27.7 Å². The van der Waals surface area contributed by atoms with Crippen LogP contribution < -0.4 is 10.1 Å². The first kappa shape index (κ1) is 15.6. The Balaban J connectivity index is 1.46. The second-order valence-electron chi connectivity index (χ2n) is 5.98. The lowest BCUT2D eigenvalue weighted by Crippen LogP contribution is -2.50. The lowest BCUT2D eigenvalue weighted by atomic mass is 10.1. The van der Waals surface area contributed by atoms with Gasteiger partial charge in [-0.05, 0) is 30.7 Å². The molecule has 1 unspecified atom stereocenters. The van der Waals surface area contributed by atoms with E-state index < -0.39 is 6.61 Å².